The first-order chi connectivity index (χ1) is 13.5. The highest BCUT2D eigenvalue weighted by Gasteiger charge is 2.37. The van der Waals surface area contributed by atoms with Crippen LogP contribution in [0, 0.1) is 5.92 Å². The first-order valence-corrected chi connectivity index (χ1v) is 9.45. The van der Waals surface area contributed by atoms with Gasteiger partial charge in [-0.1, -0.05) is 6.08 Å². The van der Waals surface area contributed by atoms with Gasteiger partial charge in [-0.25, -0.2) is 14.4 Å². The van der Waals surface area contributed by atoms with Crippen molar-refractivity contribution in [2.75, 3.05) is 14.2 Å². The molecule has 0 N–H and O–H groups in total. The number of carbonyl (C=O) groups excluding carboxylic acids is 3. The molecule has 158 valence electrons. The van der Waals surface area contributed by atoms with Gasteiger partial charge in [-0.3, -0.25) is 0 Å². The maximum atomic E-state index is 12.3. The van der Waals surface area contributed by atoms with E-state index < -0.39 is 42.9 Å². The molecule has 0 amide bonds. The Balaban J connectivity index is 1.93. The Bertz CT molecular complexity index is 562. The highest BCUT2D eigenvalue weighted by atomic mass is 16.8. The van der Waals surface area contributed by atoms with Crippen molar-refractivity contribution in [3.63, 3.8) is 0 Å². The van der Waals surface area contributed by atoms with E-state index in [9.17, 15) is 14.4 Å². The van der Waals surface area contributed by atoms with Gasteiger partial charge in [0.1, 0.15) is 24.4 Å². The lowest BCUT2D eigenvalue weighted by molar-refractivity contribution is -0.101. The summed E-state index contributed by atoms with van der Waals surface area (Å²) in [7, 11) is 2.43. The van der Waals surface area contributed by atoms with Crippen molar-refractivity contribution in [2.45, 2.75) is 69.4 Å². The summed E-state index contributed by atoms with van der Waals surface area (Å²) in [6.45, 7) is 3.76. The fourth-order valence-corrected chi connectivity index (χ4v) is 3.56. The third kappa shape index (κ3) is 6.31. The zero-order chi connectivity index (χ0) is 20.5. The maximum absolute atomic E-state index is 12.3. The maximum Gasteiger partial charge on any atom is 0.509 e. The fraction of sp³-hybridized carbons (Fsp3) is 0.737. The minimum atomic E-state index is -0.883. The first kappa shape index (κ1) is 21.8. The van der Waals surface area contributed by atoms with Crippen LogP contribution in [0.2, 0.25) is 0 Å². The van der Waals surface area contributed by atoms with E-state index in [1.165, 1.54) is 14.2 Å². The van der Waals surface area contributed by atoms with Crippen LogP contribution in [0.25, 0.3) is 0 Å². The molecule has 2 fully saturated rings. The Morgan fingerprint density at radius 3 is 1.68 bits per heavy atom. The molecule has 0 aliphatic heterocycles. The van der Waals surface area contributed by atoms with E-state index in [4.69, 9.17) is 18.9 Å². The zero-order valence-electron chi connectivity index (χ0n) is 16.3. The Morgan fingerprint density at radius 2 is 1.18 bits per heavy atom. The van der Waals surface area contributed by atoms with Gasteiger partial charge in [0, 0.05) is 0 Å². The Hall–Kier alpha value is -2.45. The SMILES string of the molecule is C=CC1CCC(OC(=O)OC2CCCCC2OC(=O)OC)C(OC(=O)OC)C1. The summed E-state index contributed by atoms with van der Waals surface area (Å²) >= 11 is 0. The van der Waals surface area contributed by atoms with Gasteiger partial charge >= 0.3 is 18.5 Å². The molecule has 5 atom stereocenters. The molecule has 0 aromatic rings. The molecule has 0 bridgehead atoms. The first-order valence-electron chi connectivity index (χ1n) is 9.45. The summed E-state index contributed by atoms with van der Waals surface area (Å²) in [5, 5.41) is 0. The summed E-state index contributed by atoms with van der Waals surface area (Å²) in [5.74, 6) is 0.154. The van der Waals surface area contributed by atoms with E-state index in [0.717, 1.165) is 19.3 Å². The molecule has 0 aromatic carbocycles. The van der Waals surface area contributed by atoms with Crippen molar-refractivity contribution < 1.29 is 42.8 Å². The zero-order valence-corrected chi connectivity index (χ0v) is 16.3. The predicted molar refractivity (Wildman–Crippen MR) is 95.7 cm³/mol. The van der Waals surface area contributed by atoms with Crippen LogP contribution < -0.4 is 0 Å². The van der Waals surface area contributed by atoms with Crippen LogP contribution in [-0.4, -0.2) is 57.1 Å². The van der Waals surface area contributed by atoms with Crippen LogP contribution in [0.15, 0.2) is 12.7 Å². The molecule has 2 aliphatic rings. The van der Waals surface area contributed by atoms with Gasteiger partial charge in [0.15, 0.2) is 0 Å². The smallest absolute Gasteiger partial charge is 0.438 e. The predicted octanol–water partition coefficient (Wildman–Crippen LogP) is 3.74. The number of rotatable bonds is 5. The highest BCUT2D eigenvalue weighted by molar-refractivity contribution is 5.62. The summed E-state index contributed by atoms with van der Waals surface area (Å²) in [6, 6.07) is 0. The molecule has 5 unspecified atom stereocenters. The van der Waals surface area contributed by atoms with Crippen molar-refractivity contribution in [3.8, 4) is 0 Å². The molecule has 2 aliphatic carbocycles. The summed E-state index contributed by atoms with van der Waals surface area (Å²) in [4.78, 5) is 35.2. The average Bonchev–Trinajstić information content (AvgIpc) is 2.70. The molecule has 2 saturated carbocycles. The van der Waals surface area contributed by atoms with Gasteiger partial charge in [-0.15, -0.1) is 6.58 Å². The minimum Gasteiger partial charge on any atom is -0.438 e. The molecule has 9 nitrogen and oxygen atoms in total. The fourth-order valence-electron chi connectivity index (χ4n) is 3.56. The van der Waals surface area contributed by atoms with E-state index in [1.54, 1.807) is 6.08 Å². The van der Waals surface area contributed by atoms with Crippen LogP contribution in [0.5, 0.6) is 0 Å². The second-order valence-electron chi connectivity index (χ2n) is 6.88. The van der Waals surface area contributed by atoms with Crippen molar-refractivity contribution in [1.29, 1.82) is 0 Å². The van der Waals surface area contributed by atoms with Crippen LogP contribution in [0.3, 0.4) is 0 Å². The molecule has 0 spiro atoms. The molecule has 28 heavy (non-hydrogen) atoms. The summed E-state index contributed by atoms with van der Waals surface area (Å²) in [6.07, 6.45) is 1.34. The largest absolute Gasteiger partial charge is 0.509 e. The summed E-state index contributed by atoms with van der Waals surface area (Å²) < 4.78 is 30.3. The van der Waals surface area contributed by atoms with Crippen molar-refractivity contribution in [3.05, 3.63) is 12.7 Å². The topological polar surface area (TPSA) is 107 Å². The van der Waals surface area contributed by atoms with E-state index in [2.05, 4.69) is 16.1 Å². The van der Waals surface area contributed by atoms with Crippen molar-refractivity contribution in [1.82, 2.24) is 0 Å². The third-order valence-corrected chi connectivity index (χ3v) is 5.07. The number of methoxy groups -OCH3 is 2. The number of carbonyl (C=O) groups is 3. The van der Waals surface area contributed by atoms with E-state index in [0.29, 0.717) is 25.7 Å². The van der Waals surface area contributed by atoms with Crippen LogP contribution >= 0.6 is 0 Å². The van der Waals surface area contributed by atoms with Crippen LogP contribution in [-0.2, 0) is 28.4 Å². The minimum absolute atomic E-state index is 0.154. The quantitative estimate of drug-likeness (QED) is 0.387. The second-order valence-corrected chi connectivity index (χ2v) is 6.88. The Kier molecular flexibility index (Phi) is 8.41. The van der Waals surface area contributed by atoms with Crippen molar-refractivity contribution >= 4 is 18.5 Å². The van der Waals surface area contributed by atoms with Crippen LogP contribution in [0.4, 0.5) is 14.4 Å². The highest BCUT2D eigenvalue weighted by Crippen LogP contribution is 2.31. The summed E-state index contributed by atoms with van der Waals surface area (Å²) in [5.41, 5.74) is 0. The molecule has 0 heterocycles. The molecular formula is C19H28O9. The van der Waals surface area contributed by atoms with Gasteiger partial charge in [0.2, 0.25) is 0 Å². The average molecular weight is 400 g/mol. The lowest BCUT2D eigenvalue weighted by Gasteiger charge is -2.34. The van der Waals surface area contributed by atoms with Gasteiger partial charge in [0.05, 0.1) is 14.2 Å². The molecular weight excluding hydrogens is 372 g/mol. The van der Waals surface area contributed by atoms with E-state index in [-0.39, 0.29) is 5.92 Å². The van der Waals surface area contributed by atoms with Crippen molar-refractivity contribution in [2.24, 2.45) is 5.92 Å². The Labute approximate surface area is 164 Å². The second kappa shape index (κ2) is 10.8. The monoisotopic (exact) mass is 400 g/mol. The van der Waals surface area contributed by atoms with Gasteiger partial charge in [0.25, 0.3) is 0 Å². The molecule has 9 heteroatoms. The molecule has 0 saturated heterocycles. The van der Waals surface area contributed by atoms with E-state index >= 15 is 0 Å². The molecule has 0 radical (unpaired) electrons. The van der Waals surface area contributed by atoms with Crippen LogP contribution in [0.1, 0.15) is 44.9 Å². The van der Waals surface area contributed by atoms with Gasteiger partial charge in [-0.2, -0.15) is 0 Å². The number of allylic oxidation sites excluding steroid dienone is 1. The van der Waals surface area contributed by atoms with E-state index in [1.807, 2.05) is 0 Å². The van der Waals surface area contributed by atoms with Gasteiger partial charge in [-0.05, 0) is 50.9 Å². The lowest BCUT2D eigenvalue weighted by atomic mass is 9.85. The standard InChI is InChI=1S/C19H28O9/c1-4-12-9-10-15(16(11-12)28-18(21)24-3)27-19(22)26-14-8-6-5-7-13(14)25-17(20)23-2/h4,12-16H,1,5-11H2,2-3H3. The molecule has 0 aromatic heterocycles. The number of ether oxygens (including phenoxy) is 6. The van der Waals surface area contributed by atoms with Gasteiger partial charge < -0.3 is 28.4 Å². The number of hydrogen-bond acceptors (Lipinski definition) is 9. The number of hydrogen-bond donors (Lipinski definition) is 0. The third-order valence-electron chi connectivity index (χ3n) is 5.07. The Morgan fingerprint density at radius 1 is 0.714 bits per heavy atom. The normalized spacial score (nSPS) is 29.7. The molecule has 2 rings (SSSR count). The lowest BCUT2D eigenvalue weighted by Crippen LogP contribution is -2.42.